The number of hydrogen-bond acceptors (Lipinski definition) is 6. The number of anilines is 1. The van der Waals surface area contributed by atoms with Crippen molar-refractivity contribution in [1.82, 2.24) is 10.2 Å². The van der Waals surface area contributed by atoms with Gasteiger partial charge in [0.2, 0.25) is 11.8 Å². The highest BCUT2D eigenvalue weighted by Gasteiger charge is 2.33. The van der Waals surface area contributed by atoms with Crippen molar-refractivity contribution in [1.29, 1.82) is 0 Å². The van der Waals surface area contributed by atoms with Crippen LogP contribution in [-0.4, -0.2) is 58.5 Å². The Morgan fingerprint density at radius 1 is 0.952 bits per heavy atom. The normalized spacial score (nSPS) is 12.0. The number of carbonyl (C=O) groups is 2. The highest BCUT2D eigenvalue weighted by Crippen LogP contribution is 2.32. The molecule has 0 unspecified atom stereocenters. The van der Waals surface area contributed by atoms with Crippen molar-refractivity contribution >= 4 is 43.5 Å². The number of sulfonamides is 1. The van der Waals surface area contributed by atoms with E-state index in [-0.39, 0.29) is 34.7 Å². The first-order chi connectivity index (χ1) is 19.9. The second kappa shape index (κ2) is 14.5. The SMILES string of the molecule is COc1ccc(S(=O)(=O)N(CC(=O)N(Cc2cccc(Br)c2)[C@@H](C)C(=O)NCC(C)C)c2ccc(F)cc2)cc1OC. The lowest BCUT2D eigenvalue weighted by atomic mass is 10.1. The van der Waals surface area contributed by atoms with Gasteiger partial charge >= 0.3 is 0 Å². The van der Waals surface area contributed by atoms with Crippen LogP contribution in [0, 0.1) is 11.7 Å². The minimum atomic E-state index is -4.38. The standard InChI is InChI=1S/C30H35BrFN3O6S/c1-20(2)17-33-30(37)21(3)34(18-22-7-6-8-23(31)15-22)29(36)19-35(25-11-9-24(32)10-12-25)42(38,39)26-13-14-27(40-4)28(16-26)41-5/h6-16,20-21H,17-19H2,1-5H3,(H,33,37)/t21-/m0/s1. The molecule has 3 rings (SSSR count). The molecule has 2 amide bonds. The second-order valence-electron chi connectivity index (χ2n) is 9.97. The van der Waals surface area contributed by atoms with E-state index in [2.05, 4.69) is 21.2 Å². The molecule has 0 aliphatic heterocycles. The summed E-state index contributed by atoms with van der Waals surface area (Å²) in [6, 6.07) is 15.2. The van der Waals surface area contributed by atoms with Gasteiger partial charge in [-0.3, -0.25) is 13.9 Å². The molecule has 0 spiro atoms. The number of methoxy groups -OCH3 is 2. The molecular weight excluding hydrogens is 629 g/mol. The van der Waals surface area contributed by atoms with Crippen LogP contribution >= 0.6 is 15.9 Å². The lowest BCUT2D eigenvalue weighted by molar-refractivity contribution is -0.139. The zero-order valence-corrected chi connectivity index (χ0v) is 26.5. The van der Waals surface area contributed by atoms with Crippen LogP contribution in [-0.2, 0) is 26.2 Å². The molecule has 9 nitrogen and oxygen atoms in total. The molecule has 0 aliphatic carbocycles. The first-order valence-corrected chi connectivity index (χ1v) is 15.4. The average Bonchev–Trinajstić information content (AvgIpc) is 2.97. The minimum absolute atomic E-state index is 0.0439. The minimum Gasteiger partial charge on any atom is -0.493 e. The number of nitrogens with one attached hydrogen (secondary N) is 1. The number of benzene rings is 3. The summed E-state index contributed by atoms with van der Waals surface area (Å²) in [5.41, 5.74) is 0.802. The summed E-state index contributed by atoms with van der Waals surface area (Å²) in [5.74, 6) is -0.882. The Kier molecular flexibility index (Phi) is 11.3. The Morgan fingerprint density at radius 3 is 2.21 bits per heavy atom. The summed E-state index contributed by atoms with van der Waals surface area (Å²) in [7, 11) is -1.58. The molecule has 0 fully saturated rings. The zero-order chi connectivity index (χ0) is 31.0. The van der Waals surface area contributed by atoms with Gasteiger partial charge in [-0.2, -0.15) is 0 Å². The number of hydrogen-bond donors (Lipinski definition) is 1. The van der Waals surface area contributed by atoms with Crippen LogP contribution in [0.2, 0.25) is 0 Å². The van der Waals surface area contributed by atoms with Crippen molar-refractivity contribution in [3.05, 3.63) is 82.6 Å². The molecule has 12 heteroatoms. The van der Waals surface area contributed by atoms with Gasteiger partial charge in [-0.15, -0.1) is 0 Å². The van der Waals surface area contributed by atoms with Crippen LogP contribution in [0.3, 0.4) is 0 Å². The fourth-order valence-corrected chi connectivity index (χ4v) is 5.98. The van der Waals surface area contributed by atoms with E-state index in [0.717, 1.165) is 26.5 Å². The Morgan fingerprint density at radius 2 is 1.62 bits per heavy atom. The Bertz CT molecular complexity index is 1500. The first kappa shape index (κ1) is 32.9. The van der Waals surface area contributed by atoms with Crippen molar-refractivity contribution in [2.45, 2.75) is 38.3 Å². The van der Waals surface area contributed by atoms with Crippen molar-refractivity contribution in [3.8, 4) is 11.5 Å². The molecular formula is C30H35BrFN3O6S. The van der Waals surface area contributed by atoms with Gasteiger partial charge in [0, 0.05) is 23.6 Å². The number of carbonyl (C=O) groups excluding carboxylic acids is 2. The van der Waals surface area contributed by atoms with E-state index in [0.29, 0.717) is 12.3 Å². The predicted octanol–water partition coefficient (Wildman–Crippen LogP) is 4.99. The lowest BCUT2D eigenvalue weighted by Gasteiger charge is -2.32. The van der Waals surface area contributed by atoms with E-state index in [9.17, 15) is 22.4 Å². The number of rotatable bonds is 13. The fraction of sp³-hybridized carbons (Fsp3) is 0.333. The van der Waals surface area contributed by atoms with Crippen LogP contribution in [0.4, 0.5) is 10.1 Å². The van der Waals surface area contributed by atoms with E-state index in [1.54, 1.807) is 13.0 Å². The molecule has 1 atom stereocenters. The second-order valence-corrected chi connectivity index (χ2v) is 12.7. The number of halogens is 2. The highest BCUT2D eigenvalue weighted by molar-refractivity contribution is 9.10. The predicted molar refractivity (Wildman–Crippen MR) is 162 cm³/mol. The highest BCUT2D eigenvalue weighted by atomic mass is 79.9. The molecule has 0 saturated heterocycles. The van der Waals surface area contributed by atoms with E-state index in [1.165, 1.54) is 49.5 Å². The molecule has 0 heterocycles. The monoisotopic (exact) mass is 663 g/mol. The van der Waals surface area contributed by atoms with Gasteiger partial charge in [-0.1, -0.05) is 41.9 Å². The maximum absolute atomic E-state index is 14.0. The Balaban J connectivity index is 2.05. The summed E-state index contributed by atoms with van der Waals surface area (Å²) in [6.45, 7) is 5.30. The van der Waals surface area contributed by atoms with E-state index < -0.39 is 34.3 Å². The number of nitrogens with zero attached hydrogens (tertiary/aromatic N) is 2. The smallest absolute Gasteiger partial charge is 0.264 e. The molecule has 0 bridgehead atoms. The number of ether oxygens (including phenoxy) is 2. The third kappa shape index (κ3) is 8.22. The van der Waals surface area contributed by atoms with Gasteiger partial charge in [-0.25, -0.2) is 12.8 Å². The maximum atomic E-state index is 14.0. The molecule has 0 aliphatic rings. The van der Waals surface area contributed by atoms with Crippen LogP contribution in [0.15, 0.2) is 76.1 Å². The van der Waals surface area contributed by atoms with Gasteiger partial charge in [0.25, 0.3) is 10.0 Å². The molecule has 42 heavy (non-hydrogen) atoms. The van der Waals surface area contributed by atoms with Crippen LogP contribution < -0.4 is 19.1 Å². The summed E-state index contributed by atoms with van der Waals surface area (Å²) in [4.78, 5) is 28.2. The van der Waals surface area contributed by atoms with E-state index in [4.69, 9.17) is 9.47 Å². The Labute approximate surface area is 254 Å². The fourth-order valence-electron chi connectivity index (χ4n) is 4.11. The van der Waals surface area contributed by atoms with E-state index in [1.807, 2.05) is 32.0 Å². The summed E-state index contributed by atoms with van der Waals surface area (Å²) in [5, 5.41) is 2.84. The van der Waals surface area contributed by atoms with Gasteiger partial charge in [0.15, 0.2) is 11.5 Å². The Hall–Kier alpha value is -3.64. The van der Waals surface area contributed by atoms with Gasteiger partial charge in [0.1, 0.15) is 18.4 Å². The van der Waals surface area contributed by atoms with Crippen LogP contribution in [0.5, 0.6) is 11.5 Å². The van der Waals surface area contributed by atoms with Crippen molar-refractivity contribution in [3.63, 3.8) is 0 Å². The van der Waals surface area contributed by atoms with Crippen molar-refractivity contribution in [2.24, 2.45) is 5.92 Å². The molecule has 1 N–H and O–H groups in total. The molecule has 3 aromatic carbocycles. The molecule has 0 radical (unpaired) electrons. The maximum Gasteiger partial charge on any atom is 0.264 e. The van der Waals surface area contributed by atoms with E-state index >= 15 is 0 Å². The van der Waals surface area contributed by atoms with Gasteiger partial charge in [-0.05, 0) is 66.9 Å². The topological polar surface area (TPSA) is 105 Å². The molecule has 226 valence electrons. The van der Waals surface area contributed by atoms with Crippen LogP contribution in [0.1, 0.15) is 26.3 Å². The van der Waals surface area contributed by atoms with Gasteiger partial charge < -0.3 is 19.7 Å². The summed E-state index contributed by atoms with van der Waals surface area (Å²) < 4.78 is 54.0. The van der Waals surface area contributed by atoms with Crippen molar-refractivity contribution in [2.75, 3.05) is 31.6 Å². The molecule has 0 aromatic heterocycles. The summed E-state index contributed by atoms with van der Waals surface area (Å²) in [6.07, 6.45) is 0. The molecule has 3 aromatic rings. The van der Waals surface area contributed by atoms with Crippen LogP contribution in [0.25, 0.3) is 0 Å². The largest absolute Gasteiger partial charge is 0.493 e. The third-order valence-electron chi connectivity index (χ3n) is 6.43. The lowest BCUT2D eigenvalue weighted by Crippen LogP contribution is -2.51. The molecule has 0 saturated carbocycles. The van der Waals surface area contributed by atoms with Crippen molar-refractivity contribution < 1.29 is 31.9 Å². The van der Waals surface area contributed by atoms with Gasteiger partial charge in [0.05, 0.1) is 24.8 Å². The number of amides is 2. The average molecular weight is 665 g/mol. The zero-order valence-electron chi connectivity index (χ0n) is 24.1. The first-order valence-electron chi connectivity index (χ1n) is 13.2. The quantitative estimate of drug-likeness (QED) is 0.276. The summed E-state index contributed by atoms with van der Waals surface area (Å²) >= 11 is 3.43. The third-order valence-corrected chi connectivity index (χ3v) is 8.69.